The summed E-state index contributed by atoms with van der Waals surface area (Å²) in [5.41, 5.74) is 8.12. The smallest absolute Gasteiger partial charge is 0.00937 e. The molecular formula is C15H28NP. The molecule has 0 amide bonds. The second kappa shape index (κ2) is 4.52. The zero-order valence-electron chi connectivity index (χ0n) is 12.2. The summed E-state index contributed by atoms with van der Waals surface area (Å²) in [4.78, 5) is 0. The van der Waals surface area contributed by atoms with E-state index in [4.69, 9.17) is 5.73 Å². The predicted molar refractivity (Wildman–Crippen MR) is 80.9 cm³/mol. The zero-order valence-corrected chi connectivity index (χ0v) is 13.4. The van der Waals surface area contributed by atoms with E-state index in [1.54, 1.807) is 0 Å². The lowest BCUT2D eigenvalue weighted by molar-refractivity contribution is 0.144. The van der Waals surface area contributed by atoms with Gasteiger partial charge in [0.1, 0.15) is 0 Å². The molecule has 0 saturated heterocycles. The van der Waals surface area contributed by atoms with E-state index >= 15 is 0 Å². The number of hydrogen-bond donors (Lipinski definition) is 1. The summed E-state index contributed by atoms with van der Waals surface area (Å²) in [6.45, 7) is 14.4. The molecule has 0 radical (unpaired) electrons. The molecule has 1 aliphatic rings. The molecule has 0 aromatic heterocycles. The van der Waals surface area contributed by atoms with Crippen LogP contribution in [0.2, 0.25) is 0 Å². The van der Waals surface area contributed by atoms with Crippen LogP contribution >= 0.6 is 9.24 Å². The van der Waals surface area contributed by atoms with Crippen molar-refractivity contribution in [1.82, 2.24) is 0 Å². The monoisotopic (exact) mass is 253 g/mol. The molecule has 0 aromatic rings. The number of allylic oxidation sites excluding steroid dienone is 3. The Hall–Kier alpha value is -0.130. The van der Waals surface area contributed by atoms with Crippen molar-refractivity contribution in [1.29, 1.82) is 0 Å². The second-order valence-corrected chi connectivity index (χ2v) is 7.93. The number of rotatable bonds is 1. The molecule has 98 valence electrons. The minimum absolute atomic E-state index is 0.0929. The van der Waals surface area contributed by atoms with Crippen molar-refractivity contribution < 1.29 is 0 Å². The summed E-state index contributed by atoms with van der Waals surface area (Å²) in [6, 6.07) is 0. The Morgan fingerprint density at radius 2 is 1.76 bits per heavy atom. The van der Waals surface area contributed by atoms with Gasteiger partial charge < -0.3 is 5.73 Å². The first-order valence-electron chi connectivity index (χ1n) is 6.42. The summed E-state index contributed by atoms with van der Waals surface area (Å²) in [7, 11) is 2.87. The fourth-order valence-corrected chi connectivity index (χ4v) is 3.12. The Balaban J connectivity index is 3.20. The first-order chi connectivity index (χ1) is 7.53. The van der Waals surface area contributed by atoms with Crippen LogP contribution in [-0.4, -0.2) is 6.54 Å². The van der Waals surface area contributed by atoms with Crippen LogP contribution in [0, 0.1) is 16.2 Å². The van der Waals surface area contributed by atoms with E-state index < -0.39 is 0 Å². The van der Waals surface area contributed by atoms with Crippen LogP contribution in [0.1, 0.15) is 48.0 Å². The van der Waals surface area contributed by atoms with Gasteiger partial charge in [0, 0.05) is 12.0 Å². The summed E-state index contributed by atoms with van der Waals surface area (Å²) >= 11 is 0. The Morgan fingerprint density at radius 1 is 1.24 bits per heavy atom. The van der Waals surface area contributed by atoms with Crippen LogP contribution < -0.4 is 5.73 Å². The normalized spacial score (nSPS) is 26.6. The Labute approximate surface area is 109 Å². The molecule has 0 aliphatic heterocycles. The average molecular weight is 253 g/mol. The molecule has 0 fully saturated rings. The summed E-state index contributed by atoms with van der Waals surface area (Å²) in [5.74, 6) is 0. The first kappa shape index (κ1) is 14.9. The van der Waals surface area contributed by atoms with Crippen LogP contribution in [0.3, 0.4) is 0 Å². The van der Waals surface area contributed by atoms with E-state index in [0.29, 0.717) is 6.54 Å². The molecule has 2 atom stereocenters. The van der Waals surface area contributed by atoms with E-state index in [-0.39, 0.29) is 16.2 Å². The predicted octanol–water partition coefficient (Wildman–Crippen LogP) is 4.11. The van der Waals surface area contributed by atoms with Crippen LogP contribution in [0.25, 0.3) is 0 Å². The number of hydrogen-bond acceptors (Lipinski definition) is 1. The lowest BCUT2D eigenvalue weighted by atomic mass is 9.59. The lowest BCUT2D eigenvalue weighted by Crippen LogP contribution is -2.43. The van der Waals surface area contributed by atoms with Crippen molar-refractivity contribution in [2.45, 2.75) is 48.0 Å². The van der Waals surface area contributed by atoms with Gasteiger partial charge in [-0.25, -0.2) is 0 Å². The SMILES string of the molecule is CC(C)(C)C1=C(P)C=CC(CN)(C(C)(C)C)C1. The molecule has 1 rings (SSSR count). The van der Waals surface area contributed by atoms with E-state index in [1.807, 2.05) is 0 Å². The maximum Gasteiger partial charge on any atom is 0.00937 e. The Morgan fingerprint density at radius 3 is 2.12 bits per heavy atom. The van der Waals surface area contributed by atoms with Gasteiger partial charge in [0.2, 0.25) is 0 Å². The van der Waals surface area contributed by atoms with Crippen molar-refractivity contribution in [3.8, 4) is 0 Å². The van der Waals surface area contributed by atoms with Crippen molar-refractivity contribution in [3.63, 3.8) is 0 Å². The highest BCUT2D eigenvalue weighted by molar-refractivity contribution is 7.23. The molecule has 2 unspecified atom stereocenters. The van der Waals surface area contributed by atoms with Gasteiger partial charge in [0.05, 0.1) is 0 Å². The van der Waals surface area contributed by atoms with Gasteiger partial charge in [-0.15, -0.1) is 9.24 Å². The molecule has 0 saturated carbocycles. The van der Waals surface area contributed by atoms with Gasteiger partial charge in [0.25, 0.3) is 0 Å². The molecule has 17 heavy (non-hydrogen) atoms. The van der Waals surface area contributed by atoms with Crippen LogP contribution in [-0.2, 0) is 0 Å². The molecule has 1 aliphatic carbocycles. The molecule has 2 N–H and O–H groups in total. The fourth-order valence-electron chi connectivity index (χ4n) is 2.49. The summed E-state index contributed by atoms with van der Waals surface area (Å²) in [6.07, 6.45) is 5.64. The third-order valence-corrected chi connectivity index (χ3v) is 4.73. The fraction of sp³-hybridized carbons (Fsp3) is 0.733. The van der Waals surface area contributed by atoms with Gasteiger partial charge in [0.15, 0.2) is 0 Å². The highest BCUT2D eigenvalue weighted by Gasteiger charge is 2.42. The van der Waals surface area contributed by atoms with Crippen molar-refractivity contribution >= 4 is 9.24 Å². The van der Waals surface area contributed by atoms with Crippen LogP contribution in [0.4, 0.5) is 0 Å². The third-order valence-electron chi connectivity index (χ3n) is 4.19. The van der Waals surface area contributed by atoms with E-state index in [0.717, 1.165) is 6.42 Å². The standard InChI is InChI=1S/C15H28NP/c1-13(2,3)11-9-15(10-16,14(4,5)6)8-7-12(11)17/h7-8H,9-10,16-17H2,1-6H3. The zero-order chi connectivity index (χ0) is 13.5. The minimum Gasteiger partial charge on any atom is -0.330 e. The van der Waals surface area contributed by atoms with Crippen molar-refractivity contribution in [2.24, 2.45) is 22.0 Å². The van der Waals surface area contributed by atoms with Gasteiger partial charge in [-0.2, -0.15) is 0 Å². The molecular weight excluding hydrogens is 225 g/mol. The maximum atomic E-state index is 6.09. The largest absolute Gasteiger partial charge is 0.330 e. The van der Waals surface area contributed by atoms with Gasteiger partial charge >= 0.3 is 0 Å². The molecule has 0 aromatic carbocycles. The quantitative estimate of drug-likeness (QED) is 0.699. The Kier molecular flexibility index (Phi) is 3.97. The maximum absolute atomic E-state index is 6.09. The lowest BCUT2D eigenvalue weighted by Gasteiger charge is -2.46. The van der Waals surface area contributed by atoms with E-state index in [2.05, 4.69) is 62.9 Å². The average Bonchev–Trinajstić information content (AvgIpc) is 2.15. The molecule has 0 spiro atoms. The van der Waals surface area contributed by atoms with Crippen LogP contribution in [0.5, 0.6) is 0 Å². The minimum atomic E-state index is 0.0929. The second-order valence-electron chi connectivity index (χ2n) is 7.30. The topological polar surface area (TPSA) is 26.0 Å². The molecule has 0 heterocycles. The van der Waals surface area contributed by atoms with E-state index in [1.165, 1.54) is 10.9 Å². The molecule has 0 bridgehead atoms. The van der Waals surface area contributed by atoms with Gasteiger partial charge in [-0.05, 0) is 22.6 Å². The van der Waals surface area contributed by atoms with E-state index in [9.17, 15) is 0 Å². The summed E-state index contributed by atoms with van der Waals surface area (Å²) < 4.78 is 0. The highest BCUT2D eigenvalue weighted by Crippen LogP contribution is 2.51. The van der Waals surface area contributed by atoms with Gasteiger partial charge in [-0.3, -0.25) is 0 Å². The van der Waals surface area contributed by atoms with Crippen LogP contribution in [0.15, 0.2) is 23.0 Å². The summed E-state index contributed by atoms with van der Waals surface area (Å²) in [5, 5.41) is 1.34. The third kappa shape index (κ3) is 2.83. The van der Waals surface area contributed by atoms with Crippen molar-refractivity contribution in [3.05, 3.63) is 23.0 Å². The van der Waals surface area contributed by atoms with Gasteiger partial charge in [-0.1, -0.05) is 59.3 Å². The molecule has 1 nitrogen and oxygen atoms in total. The highest BCUT2D eigenvalue weighted by atomic mass is 31.0. The Bertz CT molecular complexity index is 352. The number of nitrogens with two attached hydrogens (primary N) is 1. The molecule has 2 heteroatoms. The first-order valence-corrected chi connectivity index (χ1v) is 7.00. The van der Waals surface area contributed by atoms with Crippen molar-refractivity contribution in [2.75, 3.05) is 6.54 Å².